The molecule has 1 aliphatic rings. The molecule has 2 heterocycles. The van der Waals surface area contributed by atoms with Gasteiger partial charge in [-0.2, -0.15) is 13.2 Å². The van der Waals surface area contributed by atoms with Crippen molar-refractivity contribution in [2.24, 2.45) is 0 Å². The standard InChI is InChI=1S/C19H30F3N3O6Si/c1-9-8-25(16(29)24-13(9)26)18(5)12(32(6)7)10(30-17(2,3)4)11(31-18)14(27)23-15(28)19(20,21)22/h8,10-12,14,27,32H,1-7H3,(H,23,28)(H,24,26,29)/t10-,11+,12?,14?,18-/m1/s1. The van der Waals surface area contributed by atoms with Crippen LogP contribution in [0.5, 0.6) is 0 Å². The summed E-state index contributed by atoms with van der Waals surface area (Å²) in [6.07, 6.45) is -8.32. The normalized spacial score (nSPS) is 27.6. The number of hydrogen-bond acceptors (Lipinski definition) is 6. The molecule has 3 N–H and O–H groups in total. The van der Waals surface area contributed by atoms with E-state index < -0.39 is 67.4 Å². The van der Waals surface area contributed by atoms with Crippen LogP contribution in [-0.4, -0.2) is 59.6 Å². The maximum Gasteiger partial charge on any atom is 0.471 e. The molecular weight excluding hydrogens is 451 g/mol. The Bertz CT molecular complexity index is 971. The number of ether oxygens (including phenoxy) is 2. The molecule has 1 aliphatic heterocycles. The smallest absolute Gasteiger partial charge is 0.371 e. The van der Waals surface area contributed by atoms with E-state index >= 15 is 0 Å². The molecule has 1 amide bonds. The summed E-state index contributed by atoms with van der Waals surface area (Å²) >= 11 is 0. The van der Waals surface area contributed by atoms with Gasteiger partial charge in [0.05, 0.1) is 11.7 Å². The van der Waals surface area contributed by atoms with E-state index in [1.165, 1.54) is 23.0 Å². The Morgan fingerprint density at radius 2 is 1.91 bits per heavy atom. The quantitative estimate of drug-likeness (QED) is 0.425. The minimum absolute atomic E-state index is 0.223. The Hall–Kier alpha value is -1.96. The number of carbonyl (C=O) groups is 1. The first-order valence-corrected chi connectivity index (χ1v) is 13.1. The van der Waals surface area contributed by atoms with Crippen LogP contribution in [0.25, 0.3) is 0 Å². The average Bonchev–Trinajstić information content (AvgIpc) is 2.88. The van der Waals surface area contributed by atoms with Gasteiger partial charge in [-0.25, -0.2) is 4.79 Å². The first-order chi connectivity index (χ1) is 14.4. The minimum atomic E-state index is -5.21. The third-order valence-corrected chi connectivity index (χ3v) is 7.76. The molecule has 182 valence electrons. The number of aliphatic hydroxyl groups excluding tert-OH is 1. The van der Waals surface area contributed by atoms with Gasteiger partial charge in [-0.1, -0.05) is 13.1 Å². The molecule has 0 spiro atoms. The van der Waals surface area contributed by atoms with E-state index in [1.54, 1.807) is 27.7 Å². The van der Waals surface area contributed by atoms with Gasteiger partial charge >= 0.3 is 17.8 Å². The monoisotopic (exact) mass is 481 g/mol. The van der Waals surface area contributed by atoms with Gasteiger partial charge < -0.3 is 19.9 Å². The number of carbonyl (C=O) groups excluding carboxylic acids is 1. The maximum atomic E-state index is 12.8. The van der Waals surface area contributed by atoms with Gasteiger partial charge in [0.25, 0.3) is 5.56 Å². The number of aliphatic hydroxyl groups is 1. The lowest BCUT2D eigenvalue weighted by atomic mass is 10.0. The number of aromatic nitrogens is 2. The number of halogens is 3. The molecule has 2 rings (SSSR count). The first kappa shape index (κ1) is 26.3. The Labute approximate surface area is 184 Å². The lowest BCUT2D eigenvalue weighted by Gasteiger charge is -2.37. The predicted octanol–water partition coefficient (Wildman–Crippen LogP) is 0.954. The van der Waals surface area contributed by atoms with Crippen molar-refractivity contribution in [2.45, 2.75) is 89.2 Å². The van der Waals surface area contributed by atoms with Gasteiger partial charge in [0.15, 0.2) is 6.23 Å². The number of aryl methyl sites for hydroxylation is 1. The molecule has 13 heteroatoms. The van der Waals surface area contributed by atoms with E-state index in [-0.39, 0.29) is 5.56 Å². The summed E-state index contributed by atoms with van der Waals surface area (Å²) in [5, 5.41) is 12.0. The van der Waals surface area contributed by atoms with Crippen molar-refractivity contribution >= 4 is 14.7 Å². The van der Waals surface area contributed by atoms with Crippen LogP contribution in [0.1, 0.15) is 33.3 Å². The molecule has 1 aromatic heterocycles. The number of amides is 1. The van der Waals surface area contributed by atoms with Crippen molar-refractivity contribution in [1.29, 1.82) is 0 Å². The van der Waals surface area contributed by atoms with Gasteiger partial charge in [-0.3, -0.25) is 19.1 Å². The van der Waals surface area contributed by atoms with Crippen LogP contribution in [0.4, 0.5) is 13.2 Å². The van der Waals surface area contributed by atoms with Gasteiger partial charge in [0.1, 0.15) is 11.8 Å². The maximum absolute atomic E-state index is 12.8. The molecule has 1 saturated heterocycles. The van der Waals surface area contributed by atoms with Gasteiger partial charge in [-0.05, 0) is 34.6 Å². The zero-order valence-electron chi connectivity index (χ0n) is 19.0. The average molecular weight is 482 g/mol. The fourth-order valence-electron chi connectivity index (χ4n) is 4.13. The van der Waals surface area contributed by atoms with Crippen molar-refractivity contribution < 1.29 is 32.5 Å². The van der Waals surface area contributed by atoms with E-state index in [2.05, 4.69) is 4.98 Å². The second kappa shape index (κ2) is 8.76. The summed E-state index contributed by atoms with van der Waals surface area (Å²) in [6, 6.07) is 0. The number of rotatable bonds is 5. The Morgan fingerprint density at radius 3 is 2.38 bits per heavy atom. The van der Waals surface area contributed by atoms with Crippen LogP contribution in [-0.2, 0) is 20.0 Å². The SMILES string of the molecule is Cc1cn([C@]2(C)O[C@H](C(O)NC(=O)C(F)(F)F)[C@@H](OC(C)(C)C)C2[SiH](C)C)c(=O)[nH]c1=O. The molecule has 1 aromatic rings. The highest BCUT2D eigenvalue weighted by Crippen LogP contribution is 2.49. The second-order valence-electron chi connectivity index (χ2n) is 9.46. The van der Waals surface area contributed by atoms with Crippen LogP contribution < -0.4 is 16.6 Å². The lowest BCUT2D eigenvalue weighted by Crippen LogP contribution is -2.53. The van der Waals surface area contributed by atoms with E-state index in [0.29, 0.717) is 0 Å². The highest BCUT2D eigenvalue weighted by atomic mass is 28.3. The third-order valence-electron chi connectivity index (χ3n) is 5.32. The van der Waals surface area contributed by atoms with Crippen molar-refractivity contribution in [1.82, 2.24) is 14.9 Å². The molecule has 0 aromatic carbocycles. The lowest BCUT2D eigenvalue weighted by molar-refractivity contribution is -0.187. The number of alkyl halides is 3. The zero-order chi connectivity index (χ0) is 24.8. The van der Waals surface area contributed by atoms with Crippen molar-refractivity contribution in [2.75, 3.05) is 0 Å². The molecule has 0 saturated carbocycles. The van der Waals surface area contributed by atoms with Crippen molar-refractivity contribution in [3.63, 3.8) is 0 Å². The van der Waals surface area contributed by atoms with E-state index in [4.69, 9.17) is 9.47 Å². The minimum Gasteiger partial charge on any atom is -0.371 e. The highest BCUT2D eigenvalue weighted by molar-refractivity contribution is 6.58. The van der Waals surface area contributed by atoms with Crippen LogP contribution >= 0.6 is 0 Å². The summed E-state index contributed by atoms with van der Waals surface area (Å²) in [4.78, 5) is 38.1. The van der Waals surface area contributed by atoms with Crippen LogP contribution in [0.3, 0.4) is 0 Å². The molecule has 5 atom stereocenters. The topological polar surface area (TPSA) is 123 Å². The summed E-state index contributed by atoms with van der Waals surface area (Å²) < 4.78 is 51.6. The largest absolute Gasteiger partial charge is 0.471 e. The zero-order valence-corrected chi connectivity index (χ0v) is 20.2. The Balaban J connectivity index is 2.62. The van der Waals surface area contributed by atoms with Gasteiger partial charge in [-0.15, -0.1) is 0 Å². The Morgan fingerprint density at radius 1 is 1.34 bits per heavy atom. The van der Waals surface area contributed by atoms with Crippen LogP contribution in [0.15, 0.2) is 15.8 Å². The van der Waals surface area contributed by atoms with E-state index in [0.717, 1.165) is 0 Å². The fraction of sp³-hybridized carbons (Fsp3) is 0.737. The summed E-state index contributed by atoms with van der Waals surface area (Å²) in [5.74, 6) is -2.33. The summed E-state index contributed by atoms with van der Waals surface area (Å²) in [7, 11) is -1.81. The number of H-pyrrole nitrogens is 1. The molecule has 0 bridgehead atoms. The van der Waals surface area contributed by atoms with Crippen molar-refractivity contribution in [3.05, 3.63) is 32.6 Å². The van der Waals surface area contributed by atoms with E-state index in [1.807, 2.05) is 13.1 Å². The number of hydrogen-bond donors (Lipinski definition) is 3. The predicted molar refractivity (Wildman–Crippen MR) is 112 cm³/mol. The number of nitrogens with zero attached hydrogens (tertiary/aromatic N) is 1. The second-order valence-corrected chi connectivity index (χ2v) is 12.7. The molecule has 0 aliphatic carbocycles. The number of aromatic amines is 1. The molecule has 0 radical (unpaired) electrons. The molecule has 32 heavy (non-hydrogen) atoms. The molecule has 1 fully saturated rings. The Kier molecular flexibility index (Phi) is 7.20. The fourth-order valence-corrected chi connectivity index (χ4v) is 6.67. The van der Waals surface area contributed by atoms with E-state index in [9.17, 15) is 32.7 Å². The van der Waals surface area contributed by atoms with Crippen molar-refractivity contribution in [3.8, 4) is 0 Å². The van der Waals surface area contributed by atoms with Gasteiger partial charge in [0, 0.05) is 26.1 Å². The third kappa shape index (κ3) is 5.33. The van der Waals surface area contributed by atoms with Crippen LogP contribution in [0.2, 0.25) is 18.6 Å². The first-order valence-electron chi connectivity index (χ1n) is 10.1. The molecule has 9 nitrogen and oxygen atoms in total. The number of nitrogens with one attached hydrogen (secondary N) is 2. The molecular formula is C19H30F3N3O6Si. The van der Waals surface area contributed by atoms with Gasteiger partial charge in [0.2, 0.25) is 0 Å². The summed E-state index contributed by atoms with van der Waals surface area (Å²) in [5.41, 5.74) is -3.89. The summed E-state index contributed by atoms with van der Waals surface area (Å²) in [6.45, 7) is 12.1. The highest BCUT2D eigenvalue weighted by Gasteiger charge is 2.59. The van der Waals surface area contributed by atoms with Crippen LogP contribution in [0, 0.1) is 6.92 Å². The molecule has 2 unspecified atom stereocenters.